The third-order valence-electron chi connectivity index (χ3n) is 7.12. The molecular weight excluding hydrogens is 495 g/mol. The van der Waals surface area contributed by atoms with Gasteiger partial charge >= 0.3 is 0 Å². The van der Waals surface area contributed by atoms with E-state index in [4.69, 9.17) is 11.6 Å². The average Bonchev–Trinajstić information content (AvgIpc) is 3.80. The zero-order valence-electron chi connectivity index (χ0n) is 21.0. The largest absolute Gasteiger partial charge is 0.339 e. The van der Waals surface area contributed by atoms with Crippen LogP contribution in [-0.2, 0) is 4.79 Å². The third-order valence-corrected chi connectivity index (χ3v) is 7.41. The van der Waals surface area contributed by atoms with Gasteiger partial charge in [0.05, 0.1) is 6.20 Å². The number of hydrogen-bond donors (Lipinski definition) is 2. The molecule has 5 rings (SSSR count). The summed E-state index contributed by atoms with van der Waals surface area (Å²) in [5, 5.41) is 10.3. The van der Waals surface area contributed by atoms with E-state index in [-0.39, 0.29) is 34.7 Å². The Balaban J connectivity index is 1.39. The van der Waals surface area contributed by atoms with Crippen LogP contribution in [0, 0.1) is 30.5 Å². The predicted octanol–water partition coefficient (Wildman–Crippen LogP) is 5.20. The molecule has 3 aromatic heterocycles. The van der Waals surface area contributed by atoms with Crippen LogP contribution in [0.1, 0.15) is 61.8 Å². The Morgan fingerprint density at radius 3 is 2.43 bits per heavy atom. The van der Waals surface area contributed by atoms with E-state index >= 15 is 0 Å². The Morgan fingerprint density at radius 1 is 1.11 bits per heavy atom. The van der Waals surface area contributed by atoms with Crippen molar-refractivity contribution in [2.24, 2.45) is 17.8 Å². The minimum absolute atomic E-state index is 0.00692. The number of aromatic nitrogens is 4. The first-order valence-electron chi connectivity index (χ1n) is 12.7. The van der Waals surface area contributed by atoms with Crippen molar-refractivity contribution in [1.82, 2.24) is 25.1 Å². The Labute approximate surface area is 220 Å². The summed E-state index contributed by atoms with van der Waals surface area (Å²) in [6, 6.07) is 5.62. The number of rotatable bonds is 9. The summed E-state index contributed by atoms with van der Waals surface area (Å²) < 4.78 is 15.4. The molecule has 2 aliphatic carbocycles. The number of amides is 2. The molecule has 3 heterocycles. The highest BCUT2D eigenvalue weighted by Gasteiger charge is 2.48. The van der Waals surface area contributed by atoms with E-state index in [9.17, 15) is 14.0 Å². The smallest absolute Gasteiger partial charge is 0.270 e. The summed E-state index contributed by atoms with van der Waals surface area (Å²) >= 11 is 6.44. The maximum atomic E-state index is 13.8. The molecule has 0 spiro atoms. The number of aryl methyl sites for hydroxylation is 1. The molecule has 0 aromatic carbocycles. The zero-order valence-corrected chi connectivity index (χ0v) is 21.8. The van der Waals surface area contributed by atoms with E-state index in [1.165, 1.54) is 6.07 Å². The van der Waals surface area contributed by atoms with E-state index in [0.717, 1.165) is 31.9 Å². The van der Waals surface area contributed by atoms with Crippen molar-refractivity contribution >= 4 is 29.2 Å². The molecule has 2 N–H and O–H groups in total. The molecular formula is C27H30ClFN6O2. The van der Waals surface area contributed by atoms with Gasteiger partial charge in [0.2, 0.25) is 5.91 Å². The molecule has 2 amide bonds. The molecule has 194 valence electrons. The van der Waals surface area contributed by atoms with Crippen molar-refractivity contribution < 1.29 is 14.0 Å². The Kier molecular flexibility index (Phi) is 6.98. The normalized spacial score (nSPS) is 16.2. The van der Waals surface area contributed by atoms with Gasteiger partial charge in [0.1, 0.15) is 28.5 Å². The standard InChI is InChI=1S/C27H30ClFN6O2/c1-14(2)35-21(10-11-31-35)26(36)34-24(23(16-4-5-16)17-6-7-17)27(37)33-22-9-8-19(25(28)32-22)20-12-18(29)13-30-15(20)3/h8-14,16-17,23-24H,4-7H2,1-3H3,(H,34,36)(H,32,33,37)/t24-/m0/s1. The van der Waals surface area contributed by atoms with Crippen LogP contribution >= 0.6 is 11.6 Å². The predicted molar refractivity (Wildman–Crippen MR) is 139 cm³/mol. The first kappa shape index (κ1) is 25.3. The van der Waals surface area contributed by atoms with Crippen molar-refractivity contribution in [2.75, 3.05) is 5.32 Å². The molecule has 8 nitrogen and oxygen atoms in total. The molecule has 0 radical (unpaired) electrons. The van der Waals surface area contributed by atoms with Crippen LogP contribution in [0.2, 0.25) is 5.15 Å². The minimum atomic E-state index is -0.710. The number of halogens is 2. The van der Waals surface area contributed by atoms with Crippen molar-refractivity contribution in [2.45, 2.75) is 58.5 Å². The number of nitrogens with one attached hydrogen (secondary N) is 2. The van der Waals surface area contributed by atoms with Crippen LogP contribution in [0.4, 0.5) is 10.2 Å². The molecule has 0 unspecified atom stereocenters. The number of nitrogens with zero attached hydrogens (tertiary/aromatic N) is 4. The first-order valence-corrected chi connectivity index (χ1v) is 13.0. The number of pyridine rings is 2. The maximum absolute atomic E-state index is 13.8. The number of carbonyl (C=O) groups excluding carboxylic acids is 2. The van der Waals surface area contributed by atoms with Crippen LogP contribution in [-0.4, -0.2) is 37.6 Å². The van der Waals surface area contributed by atoms with Gasteiger partial charge in [-0.05, 0) is 88.5 Å². The van der Waals surface area contributed by atoms with Gasteiger partial charge < -0.3 is 10.6 Å². The molecule has 2 aliphatic rings. The van der Waals surface area contributed by atoms with Crippen LogP contribution < -0.4 is 10.6 Å². The number of carbonyl (C=O) groups is 2. The molecule has 2 fully saturated rings. The fourth-order valence-corrected chi connectivity index (χ4v) is 5.29. The lowest BCUT2D eigenvalue weighted by Gasteiger charge is -2.27. The number of hydrogen-bond acceptors (Lipinski definition) is 5. The Morgan fingerprint density at radius 2 is 1.81 bits per heavy atom. The maximum Gasteiger partial charge on any atom is 0.270 e. The van der Waals surface area contributed by atoms with Crippen molar-refractivity contribution in [3.63, 3.8) is 0 Å². The fourth-order valence-electron chi connectivity index (χ4n) is 5.04. The second-order valence-electron chi connectivity index (χ2n) is 10.3. The topological polar surface area (TPSA) is 102 Å². The molecule has 2 saturated carbocycles. The highest BCUT2D eigenvalue weighted by atomic mass is 35.5. The quantitative estimate of drug-likeness (QED) is 0.375. The molecule has 10 heteroatoms. The van der Waals surface area contributed by atoms with E-state index in [0.29, 0.717) is 34.4 Å². The molecule has 37 heavy (non-hydrogen) atoms. The summed E-state index contributed by atoms with van der Waals surface area (Å²) in [4.78, 5) is 35.3. The van der Waals surface area contributed by atoms with Crippen molar-refractivity contribution in [3.8, 4) is 11.1 Å². The van der Waals surface area contributed by atoms with Gasteiger partial charge in [0, 0.05) is 29.1 Å². The lowest BCUT2D eigenvalue weighted by Crippen LogP contribution is -2.50. The van der Waals surface area contributed by atoms with Gasteiger partial charge in [-0.25, -0.2) is 9.37 Å². The Bertz CT molecular complexity index is 1320. The van der Waals surface area contributed by atoms with Gasteiger partial charge in [-0.15, -0.1) is 0 Å². The number of anilines is 1. The average molecular weight is 525 g/mol. The fraction of sp³-hybridized carbons (Fsp3) is 0.444. The van der Waals surface area contributed by atoms with Gasteiger partial charge in [-0.2, -0.15) is 5.10 Å². The summed E-state index contributed by atoms with van der Waals surface area (Å²) in [6.45, 7) is 5.66. The van der Waals surface area contributed by atoms with Gasteiger partial charge in [0.15, 0.2) is 0 Å². The molecule has 0 saturated heterocycles. The summed E-state index contributed by atoms with van der Waals surface area (Å²) in [5.41, 5.74) is 2.08. The Hall–Kier alpha value is -3.33. The highest BCUT2D eigenvalue weighted by molar-refractivity contribution is 6.32. The van der Waals surface area contributed by atoms with E-state index in [1.807, 2.05) is 13.8 Å². The lowest BCUT2D eigenvalue weighted by atomic mass is 9.88. The summed E-state index contributed by atoms with van der Waals surface area (Å²) in [5.74, 6) is 0.0352. The monoisotopic (exact) mass is 524 g/mol. The van der Waals surface area contributed by atoms with Crippen LogP contribution in [0.3, 0.4) is 0 Å². The molecule has 3 aromatic rings. The zero-order chi connectivity index (χ0) is 26.3. The second kappa shape index (κ2) is 10.2. The van der Waals surface area contributed by atoms with E-state index in [2.05, 4.69) is 25.7 Å². The summed E-state index contributed by atoms with van der Waals surface area (Å²) in [6.07, 6.45) is 6.98. The summed E-state index contributed by atoms with van der Waals surface area (Å²) in [7, 11) is 0. The third kappa shape index (κ3) is 5.51. The second-order valence-corrected chi connectivity index (χ2v) is 10.6. The minimum Gasteiger partial charge on any atom is -0.339 e. The van der Waals surface area contributed by atoms with Gasteiger partial charge in [0.25, 0.3) is 5.91 Å². The van der Waals surface area contributed by atoms with E-state index in [1.54, 1.807) is 36.0 Å². The highest BCUT2D eigenvalue weighted by Crippen LogP contribution is 2.51. The van der Waals surface area contributed by atoms with Crippen LogP contribution in [0.5, 0.6) is 0 Å². The van der Waals surface area contributed by atoms with Crippen molar-refractivity contribution in [3.05, 3.63) is 59.0 Å². The van der Waals surface area contributed by atoms with Crippen molar-refractivity contribution in [1.29, 1.82) is 0 Å². The molecule has 1 atom stereocenters. The van der Waals surface area contributed by atoms with Crippen LogP contribution in [0.15, 0.2) is 36.7 Å². The van der Waals surface area contributed by atoms with Gasteiger partial charge in [-0.3, -0.25) is 19.3 Å². The SMILES string of the molecule is Cc1ncc(F)cc1-c1ccc(NC(=O)[C@@H](NC(=O)c2ccnn2C(C)C)C(C2CC2)C2CC2)nc1Cl. The van der Waals surface area contributed by atoms with Crippen LogP contribution in [0.25, 0.3) is 11.1 Å². The van der Waals surface area contributed by atoms with Gasteiger partial charge in [-0.1, -0.05) is 11.6 Å². The first-order chi connectivity index (χ1) is 17.7. The van der Waals surface area contributed by atoms with E-state index < -0.39 is 11.9 Å². The molecule has 0 aliphatic heterocycles. The molecule has 0 bridgehead atoms. The lowest BCUT2D eigenvalue weighted by molar-refractivity contribution is -0.119.